The van der Waals surface area contributed by atoms with Crippen molar-refractivity contribution in [1.29, 1.82) is 0 Å². The maximum atomic E-state index is 12.9. The number of anilines is 1. The van der Waals surface area contributed by atoms with Gasteiger partial charge in [-0.2, -0.15) is 0 Å². The third-order valence-electron chi connectivity index (χ3n) is 4.71. The molecule has 0 saturated carbocycles. The predicted molar refractivity (Wildman–Crippen MR) is 108 cm³/mol. The van der Waals surface area contributed by atoms with Gasteiger partial charge >= 0.3 is 6.03 Å². The molecule has 0 aliphatic rings. The van der Waals surface area contributed by atoms with Crippen molar-refractivity contribution in [1.82, 2.24) is 19.0 Å². The van der Waals surface area contributed by atoms with Gasteiger partial charge in [-0.05, 0) is 42.7 Å². The van der Waals surface area contributed by atoms with E-state index in [1.165, 1.54) is 5.56 Å². The number of nitrogens with zero attached hydrogens (tertiary/aromatic N) is 4. The summed E-state index contributed by atoms with van der Waals surface area (Å²) in [5.74, 6) is 0. The Hall–Kier alpha value is -3.02. The molecule has 3 aromatic rings. The number of amides is 2. The molecule has 0 fully saturated rings. The fourth-order valence-electron chi connectivity index (χ4n) is 3.00. The molecule has 27 heavy (non-hydrogen) atoms. The Balaban J connectivity index is 1.64. The van der Waals surface area contributed by atoms with Gasteiger partial charge in [-0.25, -0.2) is 9.78 Å². The average Bonchev–Trinajstić information content (AvgIpc) is 3.33. The Kier molecular flexibility index (Phi) is 6.30. The smallest absolute Gasteiger partial charge is 0.322 e. The van der Waals surface area contributed by atoms with Crippen LogP contribution in [-0.2, 0) is 26.6 Å². The van der Waals surface area contributed by atoms with Crippen LogP contribution in [0.1, 0.15) is 24.6 Å². The van der Waals surface area contributed by atoms with E-state index in [2.05, 4.69) is 29.4 Å². The summed E-state index contributed by atoms with van der Waals surface area (Å²) in [7, 11) is 2.00. The second-order valence-corrected chi connectivity index (χ2v) is 6.67. The van der Waals surface area contributed by atoms with E-state index in [0.29, 0.717) is 13.1 Å². The molecule has 2 amide bonds. The summed E-state index contributed by atoms with van der Waals surface area (Å²) >= 11 is 0. The number of carbonyl (C=O) groups excluding carboxylic acids is 1. The predicted octanol–water partition coefficient (Wildman–Crippen LogP) is 3.91. The van der Waals surface area contributed by atoms with E-state index in [4.69, 9.17) is 0 Å². The molecule has 0 saturated heterocycles. The minimum atomic E-state index is -0.0777. The van der Waals surface area contributed by atoms with Gasteiger partial charge in [0, 0.05) is 50.1 Å². The first-order chi connectivity index (χ1) is 13.2. The highest BCUT2D eigenvalue weighted by molar-refractivity contribution is 5.89. The van der Waals surface area contributed by atoms with Gasteiger partial charge in [-0.3, -0.25) is 0 Å². The molecular formula is C21H27N5O. The monoisotopic (exact) mass is 365 g/mol. The summed E-state index contributed by atoms with van der Waals surface area (Å²) in [5, 5.41) is 3.03. The second kappa shape index (κ2) is 9.07. The fourth-order valence-corrected chi connectivity index (χ4v) is 3.00. The Morgan fingerprint density at radius 2 is 2.00 bits per heavy atom. The van der Waals surface area contributed by atoms with Crippen LogP contribution in [0.5, 0.6) is 0 Å². The zero-order chi connectivity index (χ0) is 19.1. The summed E-state index contributed by atoms with van der Waals surface area (Å²) in [4.78, 5) is 18.8. The van der Waals surface area contributed by atoms with Gasteiger partial charge in [0.15, 0.2) is 0 Å². The van der Waals surface area contributed by atoms with Crippen molar-refractivity contribution in [3.05, 3.63) is 72.6 Å². The third kappa shape index (κ3) is 5.23. The fraction of sp³-hybridized carbons (Fsp3) is 0.333. The van der Waals surface area contributed by atoms with Crippen molar-refractivity contribution in [3.63, 3.8) is 0 Å². The average molecular weight is 365 g/mol. The van der Waals surface area contributed by atoms with E-state index in [1.54, 1.807) is 12.5 Å². The van der Waals surface area contributed by atoms with Crippen molar-refractivity contribution < 1.29 is 4.79 Å². The number of hydrogen-bond donors (Lipinski definition) is 1. The summed E-state index contributed by atoms with van der Waals surface area (Å²) in [5.41, 5.74) is 3.19. The first-order valence-electron chi connectivity index (χ1n) is 9.36. The second-order valence-electron chi connectivity index (χ2n) is 6.67. The van der Waals surface area contributed by atoms with Crippen LogP contribution in [0.15, 0.2) is 61.3 Å². The van der Waals surface area contributed by atoms with Crippen LogP contribution in [0, 0.1) is 0 Å². The molecule has 0 radical (unpaired) electrons. The molecule has 0 aliphatic heterocycles. The van der Waals surface area contributed by atoms with Gasteiger partial charge in [-0.15, -0.1) is 0 Å². The molecule has 6 nitrogen and oxygen atoms in total. The van der Waals surface area contributed by atoms with E-state index < -0.39 is 0 Å². The van der Waals surface area contributed by atoms with Gasteiger partial charge in [0.25, 0.3) is 0 Å². The Morgan fingerprint density at radius 3 is 2.63 bits per heavy atom. The van der Waals surface area contributed by atoms with Gasteiger partial charge in [0.1, 0.15) is 0 Å². The molecule has 0 aliphatic carbocycles. The maximum Gasteiger partial charge on any atom is 0.322 e. The number of aryl methyl sites for hydroxylation is 3. The zero-order valence-corrected chi connectivity index (χ0v) is 16.0. The van der Waals surface area contributed by atoms with Gasteiger partial charge < -0.3 is 19.4 Å². The molecule has 2 aromatic heterocycles. The first-order valence-corrected chi connectivity index (χ1v) is 9.36. The maximum absolute atomic E-state index is 12.9. The molecule has 1 N–H and O–H groups in total. The standard InChI is InChI=1S/C21H27N5O/c1-3-18-7-9-19(10-8-18)23-21(27)26(16-20-6-4-12-24(20)2)14-5-13-25-15-11-22-17-25/h4,6-12,15,17H,3,5,13-14,16H2,1-2H3,(H,23,27). The van der Waals surface area contributed by atoms with Crippen LogP contribution in [0.3, 0.4) is 0 Å². The SMILES string of the molecule is CCc1ccc(NC(=O)N(CCCn2ccnc2)Cc2cccn2C)cc1. The lowest BCUT2D eigenvalue weighted by atomic mass is 10.1. The van der Waals surface area contributed by atoms with Crippen LogP contribution in [0.2, 0.25) is 0 Å². The highest BCUT2D eigenvalue weighted by atomic mass is 16.2. The lowest BCUT2D eigenvalue weighted by molar-refractivity contribution is 0.206. The largest absolute Gasteiger partial charge is 0.353 e. The lowest BCUT2D eigenvalue weighted by Gasteiger charge is -2.23. The first kappa shape index (κ1) is 18.8. The van der Waals surface area contributed by atoms with Crippen molar-refractivity contribution >= 4 is 11.7 Å². The molecule has 6 heteroatoms. The molecule has 142 valence electrons. The number of hydrogen-bond acceptors (Lipinski definition) is 2. The Morgan fingerprint density at radius 1 is 1.19 bits per heavy atom. The van der Waals surface area contributed by atoms with Gasteiger partial charge in [0.05, 0.1) is 12.9 Å². The summed E-state index contributed by atoms with van der Waals surface area (Å²) in [6.45, 7) is 4.20. The van der Waals surface area contributed by atoms with E-state index in [9.17, 15) is 4.79 Å². The van der Waals surface area contributed by atoms with Crippen LogP contribution >= 0.6 is 0 Å². The van der Waals surface area contributed by atoms with Gasteiger partial charge in [0.2, 0.25) is 0 Å². The Labute approximate surface area is 160 Å². The highest BCUT2D eigenvalue weighted by Gasteiger charge is 2.15. The minimum absolute atomic E-state index is 0.0777. The molecule has 0 unspecified atom stereocenters. The van der Waals surface area contributed by atoms with Crippen LogP contribution in [-0.4, -0.2) is 31.6 Å². The summed E-state index contributed by atoms with van der Waals surface area (Å²) in [6.07, 6.45) is 9.37. The van der Waals surface area contributed by atoms with Crippen LogP contribution in [0.4, 0.5) is 10.5 Å². The number of nitrogens with one attached hydrogen (secondary N) is 1. The normalized spacial score (nSPS) is 10.7. The number of rotatable bonds is 8. The Bertz CT molecular complexity index is 836. The zero-order valence-electron chi connectivity index (χ0n) is 16.0. The number of carbonyl (C=O) groups is 1. The molecule has 1 aromatic carbocycles. The number of urea groups is 1. The van der Waals surface area contributed by atoms with Gasteiger partial charge in [-0.1, -0.05) is 19.1 Å². The van der Waals surface area contributed by atoms with E-state index in [1.807, 2.05) is 57.7 Å². The number of imidazole rings is 1. The summed E-state index contributed by atoms with van der Waals surface area (Å²) < 4.78 is 4.08. The highest BCUT2D eigenvalue weighted by Crippen LogP contribution is 2.13. The molecule has 0 bridgehead atoms. The molecule has 0 spiro atoms. The van der Waals surface area contributed by atoms with E-state index >= 15 is 0 Å². The quantitative estimate of drug-likeness (QED) is 0.658. The molecule has 0 atom stereocenters. The van der Waals surface area contributed by atoms with Crippen molar-refractivity contribution in [2.24, 2.45) is 7.05 Å². The molecular weight excluding hydrogens is 338 g/mol. The topological polar surface area (TPSA) is 55.1 Å². The van der Waals surface area contributed by atoms with Crippen LogP contribution < -0.4 is 5.32 Å². The summed E-state index contributed by atoms with van der Waals surface area (Å²) in [6, 6.07) is 12.0. The number of benzene rings is 1. The van der Waals surface area contributed by atoms with Crippen LogP contribution in [0.25, 0.3) is 0 Å². The van der Waals surface area contributed by atoms with Crippen molar-refractivity contribution in [2.45, 2.75) is 32.9 Å². The molecule has 2 heterocycles. The van der Waals surface area contributed by atoms with Crippen molar-refractivity contribution in [3.8, 4) is 0 Å². The minimum Gasteiger partial charge on any atom is -0.353 e. The number of aromatic nitrogens is 3. The van der Waals surface area contributed by atoms with E-state index in [-0.39, 0.29) is 6.03 Å². The lowest BCUT2D eigenvalue weighted by Crippen LogP contribution is -2.36. The van der Waals surface area contributed by atoms with E-state index in [0.717, 1.165) is 30.8 Å². The third-order valence-corrected chi connectivity index (χ3v) is 4.71. The van der Waals surface area contributed by atoms with Crippen molar-refractivity contribution in [2.75, 3.05) is 11.9 Å². The molecule has 3 rings (SSSR count).